The first-order valence-electron chi connectivity index (χ1n) is 10.7. The Morgan fingerprint density at radius 3 is 2.30 bits per heavy atom. The largest absolute Gasteiger partial charge is 0.458 e. The van der Waals surface area contributed by atoms with Crippen LogP contribution in [-0.4, -0.2) is 32.0 Å². The van der Waals surface area contributed by atoms with Gasteiger partial charge in [-0.2, -0.15) is 27.1 Å². The lowest BCUT2D eigenvalue weighted by atomic mass is 10.1. The highest BCUT2D eigenvalue weighted by atomic mass is 19.4. The second kappa shape index (κ2) is 9.26. The van der Waals surface area contributed by atoms with Crippen molar-refractivity contribution in [2.24, 2.45) is 0 Å². The van der Waals surface area contributed by atoms with Crippen molar-refractivity contribution < 1.29 is 31.1 Å². The Balaban J connectivity index is 1.55. The van der Waals surface area contributed by atoms with Gasteiger partial charge in [0.1, 0.15) is 23.7 Å². The zero-order valence-corrected chi connectivity index (χ0v) is 19.2. The Kier molecular flexibility index (Phi) is 6.44. The molecule has 0 radical (unpaired) electrons. The number of hydrogen-bond donors (Lipinski definition) is 3. The summed E-state index contributed by atoms with van der Waals surface area (Å²) in [5, 5.41) is 9.41. The maximum Gasteiger partial charge on any atom is 0.458 e. The van der Waals surface area contributed by atoms with Crippen molar-refractivity contribution in [1.82, 2.24) is 19.7 Å². The van der Waals surface area contributed by atoms with Crippen LogP contribution in [0.2, 0.25) is 0 Å². The number of carbonyl (C=O) groups excluding carboxylic acids is 1. The average Bonchev–Trinajstić information content (AvgIpc) is 3.21. The van der Waals surface area contributed by atoms with Crippen molar-refractivity contribution in [3.63, 3.8) is 0 Å². The average molecular weight is 523 g/mol. The lowest BCUT2D eigenvalue weighted by molar-refractivity contribution is -0.289. The van der Waals surface area contributed by atoms with Crippen molar-refractivity contribution in [2.75, 3.05) is 16.4 Å². The number of alkyl halides is 5. The fourth-order valence-corrected chi connectivity index (χ4v) is 3.53. The molecule has 2 aromatic carbocycles. The molecule has 4 rings (SSSR count). The van der Waals surface area contributed by atoms with Gasteiger partial charge in [-0.15, -0.1) is 0 Å². The number of nitrogens with zero attached hydrogens (tertiary/aromatic N) is 4. The zero-order chi connectivity index (χ0) is 27.1. The van der Waals surface area contributed by atoms with Gasteiger partial charge in [0.2, 0.25) is 0 Å². The molecular weight excluding hydrogens is 504 g/mol. The highest BCUT2D eigenvalue weighted by molar-refractivity contribution is 6.01. The summed E-state index contributed by atoms with van der Waals surface area (Å²) >= 11 is 0. The molecule has 0 unspecified atom stereocenters. The molecule has 0 saturated heterocycles. The molecule has 14 heteroatoms. The molecule has 4 aromatic rings. The molecule has 0 bridgehead atoms. The van der Waals surface area contributed by atoms with E-state index in [1.165, 1.54) is 18.5 Å². The van der Waals surface area contributed by atoms with Gasteiger partial charge in [0.25, 0.3) is 0 Å². The number of halogens is 6. The first kappa shape index (κ1) is 25.7. The van der Waals surface area contributed by atoms with Crippen LogP contribution in [0.1, 0.15) is 25.5 Å². The number of carbonyl (C=O) groups is 1. The quantitative estimate of drug-likeness (QED) is 0.274. The molecule has 37 heavy (non-hydrogen) atoms. The summed E-state index contributed by atoms with van der Waals surface area (Å²) in [5.41, 5.74) is 5.55. The molecule has 0 aliphatic rings. The van der Waals surface area contributed by atoms with Gasteiger partial charge in [-0.1, -0.05) is 12.1 Å². The van der Waals surface area contributed by atoms with Gasteiger partial charge >= 0.3 is 18.1 Å². The number of hydrogen-bond acceptors (Lipinski definition) is 5. The minimum atomic E-state index is -5.89. The normalized spacial score (nSPS) is 12.2. The van der Waals surface area contributed by atoms with E-state index in [0.29, 0.717) is 34.4 Å². The first-order valence-corrected chi connectivity index (χ1v) is 10.7. The highest BCUT2D eigenvalue weighted by Crippen LogP contribution is 2.44. The van der Waals surface area contributed by atoms with Gasteiger partial charge in [0, 0.05) is 22.9 Å². The lowest BCUT2D eigenvalue weighted by Crippen LogP contribution is -2.33. The summed E-state index contributed by atoms with van der Waals surface area (Å²) in [5.74, 6) is -6.20. The Bertz CT molecular complexity index is 1470. The van der Waals surface area contributed by atoms with Gasteiger partial charge < -0.3 is 16.4 Å². The van der Waals surface area contributed by atoms with Gasteiger partial charge in [-0.25, -0.2) is 23.8 Å². The molecule has 2 heterocycles. The van der Waals surface area contributed by atoms with Gasteiger partial charge in [-0.05, 0) is 44.2 Å². The number of fused-ring (bicyclic) bond motifs is 1. The maximum absolute atomic E-state index is 14.0. The maximum atomic E-state index is 14.0. The predicted octanol–water partition coefficient (Wildman–Crippen LogP) is 6.09. The van der Waals surface area contributed by atoms with Crippen LogP contribution in [0, 0.1) is 5.82 Å². The van der Waals surface area contributed by atoms with Crippen LogP contribution in [0.25, 0.3) is 22.3 Å². The van der Waals surface area contributed by atoms with Crippen molar-refractivity contribution in [1.29, 1.82) is 0 Å². The number of benzene rings is 2. The summed E-state index contributed by atoms with van der Waals surface area (Å²) in [7, 11) is 0. The third-order valence-corrected chi connectivity index (χ3v) is 5.36. The second-order valence-electron chi connectivity index (χ2n) is 8.27. The van der Waals surface area contributed by atoms with E-state index >= 15 is 0 Å². The minimum Gasteiger partial charge on any atom is -0.383 e. The van der Waals surface area contributed by atoms with E-state index in [0.717, 1.165) is 0 Å². The van der Waals surface area contributed by atoms with Crippen LogP contribution in [0.5, 0.6) is 0 Å². The number of nitrogen functional groups attached to an aromatic ring is 1. The van der Waals surface area contributed by atoms with E-state index < -0.39 is 35.2 Å². The van der Waals surface area contributed by atoms with Gasteiger partial charge in [-0.3, -0.25) is 0 Å². The lowest BCUT2D eigenvalue weighted by Gasteiger charge is -2.20. The van der Waals surface area contributed by atoms with Gasteiger partial charge in [0.15, 0.2) is 5.65 Å². The molecule has 2 aromatic heterocycles. The van der Waals surface area contributed by atoms with E-state index in [2.05, 4.69) is 20.4 Å². The molecule has 8 nitrogen and oxygen atoms in total. The molecule has 0 fully saturated rings. The third-order valence-electron chi connectivity index (χ3n) is 5.36. The summed E-state index contributed by atoms with van der Waals surface area (Å²) in [6.45, 7) is 3.84. The Labute approximate surface area is 205 Å². The standard InChI is InChI=1S/C23H19F6N7O/c1-11(2)36-20-17(19(30)31-10-32-20)18(35-36)12-3-6-14(7-4-12)33-21(37)34-16-9-13(5-8-15(16)24)22(25,26)23(27,28)29/h3-11H,1-2H3,(H2,30,31,32)(H2,33,34,37). The van der Waals surface area contributed by atoms with E-state index in [9.17, 15) is 31.1 Å². The van der Waals surface area contributed by atoms with Crippen LogP contribution >= 0.6 is 0 Å². The second-order valence-corrected chi connectivity index (χ2v) is 8.27. The smallest absolute Gasteiger partial charge is 0.383 e. The Morgan fingerprint density at radius 2 is 1.68 bits per heavy atom. The summed E-state index contributed by atoms with van der Waals surface area (Å²) < 4.78 is 80.8. The third kappa shape index (κ3) is 4.86. The molecule has 0 atom stereocenters. The fraction of sp³-hybridized carbons (Fsp3) is 0.217. The van der Waals surface area contributed by atoms with Crippen LogP contribution in [0.4, 0.5) is 48.3 Å². The van der Waals surface area contributed by atoms with Gasteiger partial charge in [0.05, 0.1) is 11.1 Å². The first-order chi connectivity index (χ1) is 17.3. The van der Waals surface area contributed by atoms with Crippen molar-refractivity contribution in [3.05, 3.63) is 60.2 Å². The van der Waals surface area contributed by atoms with Crippen molar-refractivity contribution >= 4 is 34.3 Å². The topological polar surface area (TPSA) is 111 Å². The van der Waals surface area contributed by atoms with Crippen LogP contribution < -0.4 is 16.4 Å². The number of amides is 2. The van der Waals surface area contributed by atoms with E-state index in [4.69, 9.17) is 5.73 Å². The SMILES string of the molecule is CC(C)n1nc(-c2ccc(NC(=O)Nc3cc(C(F)(F)C(F)(F)F)ccc3F)cc2)c2c(N)ncnc21. The molecular formula is C23H19F6N7O. The molecule has 2 amide bonds. The monoisotopic (exact) mass is 523 g/mol. The van der Waals surface area contributed by atoms with Crippen molar-refractivity contribution in [3.8, 4) is 11.3 Å². The number of nitrogens with two attached hydrogens (primary N) is 1. The molecule has 0 saturated carbocycles. The molecule has 194 valence electrons. The van der Waals surface area contributed by atoms with E-state index in [1.807, 2.05) is 19.2 Å². The summed E-state index contributed by atoms with van der Waals surface area (Å²) in [6, 6.07) is 6.05. The van der Waals surface area contributed by atoms with E-state index in [-0.39, 0.29) is 23.6 Å². The fourth-order valence-electron chi connectivity index (χ4n) is 3.53. The highest BCUT2D eigenvalue weighted by Gasteiger charge is 2.58. The molecule has 0 spiro atoms. The number of nitrogens with one attached hydrogen (secondary N) is 2. The Hall–Kier alpha value is -4.36. The minimum absolute atomic E-state index is 0.0230. The summed E-state index contributed by atoms with van der Waals surface area (Å²) in [4.78, 5) is 20.6. The molecule has 4 N–H and O–H groups in total. The van der Waals surface area contributed by atoms with Crippen LogP contribution in [0.15, 0.2) is 48.8 Å². The van der Waals surface area contributed by atoms with E-state index in [1.54, 1.807) is 16.8 Å². The zero-order valence-electron chi connectivity index (χ0n) is 19.2. The molecule has 0 aliphatic heterocycles. The number of rotatable bonds is 5. The predicted molar refractivity (Wildman–Crippen MR) is 125 cm³/mol. The van der Waals surface area contributed by atoms with Crippen molar-refractivity contribution in [2.45, 2.75) is 32.0 Å². The molecule has 0 aliphatic carbocycles. The van der Waals surface area contributed by atoms with Crippen LogP contribution in [0.3, 0.4) is 0 Å². The number of aromatic nitrogens is 4. The number of anilines is 3. The Morgan fingerprint density at radius 1 is 1.00 bits per heavy atom. The van der Waals surface area contributed by atoms with Crippen LogP contribution in [-0.2, 0) is 5.92 Å². The number of urea groups is 1. The summed E-state index contributed by atoms with van der Waals surface area (Å²) in [6.07, 6.45) is -4.56.